The van der Waals surface area contributed by atoms with E-state index in [-0.39, 0.29) is 0 Å². The lowest BCUT2D eigenvalue weighted by Gasteiger charge is -2.42. The Kier molecular flexibility index (Phi) is 7.09. The lowest BCUT2D eigenvalue weighted by atomic mass is 9.88. The Hall–Kier alpha value is -0.340. The standard InChI is InChI=1S/C18H34N2/c1-3-19-14-16(2)15-20(17-10-6-4-7-11-17)18-12-8-5-9-13-18/h17-19H,2-15H2,1H3. The van der Waals surface area contributed by atoms with E-state index in [2.05, 4.69) is 23.7 Å². The third-order valence-corrected chi connectivity index (χ3v) is 5.12. The molecule has 2 aliphatic rings. The molecule has 2 fully saturated rings. The molecule has 0 aromatic carbocycles. The zero-order chi connectivity index (χ0) is 14.2. The second-order valence-corrected chi connectivity index (χ2v) is 6.79. The van der Waals surface area contributed by atoms with Gasteiger partial charge in [-0.15, -0.1) is 0 Å². The molecule has 0 aliphatic heterocycles. The van der Waals surface area contributed by atoms with Gasteiger partial charge < -0.3 is 5.32 Å². The normalized spacial score (nSPS) is 22.3. The van der Waals surface area contributed by atoms with Crippen molar-refractivity contribution in [2.75, 3.05) is 19.6 Å². The first-order valence-electron chi connectivity index (χ1n) is 8.94. The summed E-state index contributed by atoms with van der Waals surface area (Å²) in [6, 6.07) is 1.68. The van der Waals surface area contributed by atoms with Gasteiger partial charge in [0.1, 0.15) is 0 Å². The van der Waals surface area contributed by atoms with Gasteiger partial charge in [-0.3, -0.25) is 4.90 Å². The fourth-order valence-corrected chi connectivity index (χ4v) is 4.00. The fourth-order valence-electron chi connectivity index (χ4n) is 4.00. The highest BCUT2D eigenvalue weighted by Crippen LogP contribution is 2.30. The Bertz CT molecular complexity index is 257. The Morgan fingerprint density at radius 2 is 1.45 bits per heavy atom. The molecule has 0 bridgehead atoms. The summed E-state index contributed by atoms with van der Waals surface area (Å²) in [5, 5.41) is 3.43. The number of hydrogen-bond acceptors (Lipinski definition) is 2. The molecule has 2 heteroatoms. The molecule has 2 nitrogen and oxygen atoms in total. The molecule has 2 rings (SSSR count). The maximum atomic E-state index is 4.32. The van der Waals surface area contributed by atoms with E-state index >= 15 is 0 Å². The van der Waals surface area contributed by atoms with E-state index in [1.807, 2.05) is 0 Å². The first-order valence-corrected chi connectivity index (χ1v) is 8.94. The van der Waals surface area contributed by atoms with E-state index in [0.29, 0.717) is 0 Å². The molecular weight excluding hydrogens is 244 g/mol. The summed E-state index contributed by atoms with van der Waals surface area (Å²) in [6.45, 7) is 9.66. The van der Waals surface area contributed by atoms with Gasteiger partial charge in [-0.25, -0.2) is 0 Å². The summed E-state index contributed by atoms with van der Waals surface area (Å²) in [4.78, 5) is 2.85. The smallest absolute Gasteiger partial charge is 0.0208 e. The highest BCUT2D eigenvalue weighted by atomic mass is 15.2. The Labute approximate surface area is 126 Å². The predicted octanol–water partition coefficient (Wildman–Crippen LogP) is 4.12. The lowest BCUT2D eigenvalue weighted by molar-refractivity contribution is 0.0906. The Morgan fingerprint density at radius 1 is 0.950 bits per heavy atom. The van der Waals surface area contributed by atoms with Crippen LogP contribution >= 0.6 is 0 Å². The fraction of sp³-hybridized carbons (Fsp3) is 0.889. The van der Waals surface area contributed by atoms with Crippen LogP contribution < -0.4 is 5.32 Å². The monoisotopic (exact) mass is 278 g/mol. The molecule has 0 heterocycles. The second kappa shape index (κ2) is 8.84. The minimum absolute atomic E-state index is 0.838. The summed E-state index contributed by atoms with van der Waals surface area (Å²) < 4.78 is 0. The topological polar surface area (TPSA) is 15.3 Å². The van der Waals surface area contributed by atoms with Gasteiger partial charge in [0.25, 0.3) is 0 Å². The van der Waals surface area contributed by atoms with E-state index in [1.54, 1.807) is 0 Å². The molecule has 2 saturated carbocycles. The molecule has 0 radical (unpaired) electrons. The SMILES string of the molecule is C=C(CNCC)CN(C1CCCCC1)C1CCCCC1. The van der Waals surface area contributed by atoms with Crippen molar-refractivity contribution in [2.45, 2.75) is 83.2 Å². The van der Waals surface area contributed by atoms with Crippen LogP contribution in [-0.2, 0) is 0 Å². The average Bonchev–Trinajstić information content (AvgIpc) is 2.52. The summed E-state index contributed by atoms with van der Waals surface area (Å²) >= 11 is 0. The lowest BCUT2D eigenvalue weighted by Crippen LogP contribution is -2.46. The van der Waals surface area contributed by atoms with Crippen molar-refractivity contribution in [3.63, 3.8) is 0 Å². The highest BCUT2D eigenvalue weighted by molar-refractivity contribution is 5.02. The maximum Gasteiger partial charge on any atom is 0.0208 e. The summed E-state index contributed by atoms with van der Waals surface area (Å²) in [5.41, 5.74) is 1.38. The van der Waals surface area contributed by atoms with Crippen LogP contribution in [0.2, 0.25) is 0 Å². The van der Waals surface area contributed by atoms with Crippen molar-refractivity contribution >= 4 is 0 Å². The van der Waals surface area contributed by atoms with Crippen LogP contribution in [0.1, 0.15) is 71.1 Å². The molecule has 0 atom stereocenters. The van der Waals surface area contributed by atoms with Crippen molar-refractivity contribution < 1.29 is 0 Å². The van der Waals surface area contributed by atoms with Gasteiger partial charge >= 0.3 is 0 Å². The molecule has 20 heavy (non-hydrogen) atoms. The van der Waals surface area contributed by atoms with E-state index < -0.39 is 0 Å². The van der Waals surface area contributed by atoms with Crippen LogP contribution in [0.5, 0.6) is 0 Å². The number of nitrogens with one attached hydrogen (secondary N) is 1. The first kappa shape index (κ1) is 16.0. The Morgan fingerprint density at radius 3 is 1.90 bits per heavy atom. The van der Waals surface area contributed by atoms with Crippen molar-refractivity contribution in [1.29, 1.82) is 0 Å². The van der Waals surface area contributed by atoms with Crippen molar-refractivity contribution in [3.05, 3.63) is 12.2 Å². The first-order chi connectivity index (χ1) is 9.81. The molecular formula is C18H34N2. The molecule has 1 N–H and O–H groups in total. The van der Waals surface area contributed by atoms with Gasteiger partial charge in [0.05, 0.1) is 0 Å². The molecule has 0 unspecified atom stereocenters. The van der Waals surface area contributed by atoms with Crippen LogP contribution in [0.25, 0.3) is 0 Å². The van der Waals surface area contributed by atoms with Crippen LogP contribution in [-0.4, -0.2) is 36.6 Å². The molecule has 0 amide bonds. The van der Waals surface area contributed by atoms with Crippen LogP contribution in [0.15, 0.2) is 12.2 Å². The minimum Gasteiger partial charge on any atom is -0.313 e. The number of nitrogens with zero attached hydrogens (tertiary/aromatic N) is 1. The highest BCUT2D eigenvalue weighted by Gasteiger charge is 2.28. The van der Waals surface area contributed by atoms with Gasteiger partial charge in [0, 0.05) is 25.2 Å². The summed E-state index contributed by atoms with van der Waals surface area (Å²) in [7, 11) is 0. The van der Waals surface area contributed by atoms with E-state index in [0.717, 1.165) is 31.7 Å². The molecule has 0 spiro atoms. The van der Waals surface area contributed by atoms with Crippen molar-refractivity contribution in [2.24, 2.45) is 0 Å². The van der Waals surface area contributed by atoms with E-state index in [1.165, 1.54) is 69.8 Å². The molecule has 0 aromatic rings. The van der Waals surface area contributed by atoms with Gasteiger partial charge in [-0.1, -0.05) is 52.0 Å². The average molecular weight is 278 g/mol. The van der Waals surface area contributed by atoms with Crippen molar-refractivity contribution in [1.82, 2.24) is 10.2 Å². The predicted molar refractivity (Wildman–Crippen MR) is 88.1 cm³/mol. The number of likely N-dealkylation sites (N-methyl/N-ethyl adjacent to an activating group) is 1. The van der Waals surface area contributed by atoms with Gasteiger partial charge in [0.2, 0.25) is 0 Å². The zero-order valence-corrected chi connectivity index (χ0v) is 13.5. The van der Waals surface area contributed by atoms with Crippen LogP contribution in [0, 0.1) is 0 Å². The van der Waals surface area contributed by atoms with Gasteiger partial charge in [0.15, 0.2) is 0 Å². The number of rotatable bonds is 7. The number of hydrogen-bond donors (Lipinski definition) is 1. The zero-order valence-electron chi connectivity index (χ0n) is 13.5. The molecule has 0 aromatic heterocycles. The van der Waals surface area contributed by atoms with E-state index in [4.69, 9.17) is 0 Å². The van der Waals surface area contributed by atoms with Gasteiger partial charge in [-0.05, 0) is 37.8 Å². The quantitative estimate of drug-likeness (QED) is 0.705. The summed E-state index contributed by atoms with van der Waals surface area (Å²) in [5.74, 6) is 0. The van der Waals surface area contributed by atoms with Crippen molar-refractivity contribution in [3.8, 4) is 0 Å². The second-order valence-electron chi connectivity index (χ2n) is 6.79. The molecule has 116 valence electrons. The van der Waals surface area contributed by atoms with E-state index in [9.17, 15) is 0 Å². The maximum absolute atomic E-state index is 4.32. The Balaban J connectivity index is 1.92. The minimum atomic E-state index is 0.838. The van der Waals surface area contributed by atoms with Gasteiger partial charge in [-0.2, -0.15) is 0 Å². The summed E-state index contributed by atoms with van der Waals surface area (Å²) in [6.07, 6.45) is 14.3. The third-order valence-electron chi connectivity index (χ3n) is 5.12. The third kappa shape index (κ3) is 4.89. The molecule has 0 saturated heterocycles. The molecule has 2 aliphatic carbocycles. The van der Waals surface area contributed by atoms with Crippen LogP contribution in [0.3, 0.4) is 0 Å². The van der Waals surface area contributed by atoms with Crippen LogP contribution in [0.4, 0.5) is 0 Å². The largest absolute Gasteiger partial charge is 0.313 e.